The topological polar surface area (TPSA) is 17.8 Å². The van der Waals surface area contributed by atoms with E-state index in [1.807, 2.05) is 29.1 Å². The molecule has 16 heavy (non-hydrogen) atoms. The van der Waals surface area contributed by atoms with Crippen LogP contribution in [0, 0.1) is 0 Å². The third kappa shape index (κ3) is 2.74. The molecule has 0 amide bonds. The normalized spacial score (nSPS) is 11.1. The summed E-state index contributed by atoms with van der Waals surface area (Å²) in [6, 6.07) is 10.2. The number of allylic oxidation sites excluding steroid dienone is 1. The second-order valence-corrected chi connectivity index (χ2v) is 3.80. The number of rotatable bonds is 4. The van der Waals surface area contributed by atoms with E-state index in [0.717, 1.165) is 12.1 Å². The van der Waals surface area contributed by atoms with Crippen molar-refractivity contribution in [2.45, 2.75) is 6.42 Å². The van der Waals surface area contributed by atoms with Crippen molar-refractivity contribution in [3.63, 3.8) is 0 Å². The van der Waals surface area contributed by atoms with Crippen molar-refractivity contribution >= 4 is 17.7 Å². The van der Waals surface area contributed by atoms with Crippen LogP contribution in [-0.2, 0) is 0 Å². The fourth-order valence-electron chi connectivity index (χ4n) is 1.44. The Morgan fingerprint density at radius 1 is 1.25 bits per heavy atom. The standard InChI is InChI=1S/C13H13ClN2/c14-9-2-1-4-12-5-7-13(8-6-12)16-11-3-10-15-16/h1,3-8,10-11H,2,9H2. The molecular weight excluding hydrogens is 220 g/mol. The second-order valence-electron chi connectivity index (χ2n) is 3.42. The van der Waals surface area contributed by atoms with Crippen molar-refractivity contribution in [2.24, 2.45) is 0 Å². The smallest absolute Gasteiger partial charge is 0.0645 e. The highest BCUT2D eigenvalue weighted by molar-refractivity contribution is 6.17. The summed E-state index contributed by atoms with van der Waals surface area (Å²) in [6.07, 6.45) is 8.76. The maximum Gasteiger partial charge on any atom is 0.0645 e. The first-order valence-electron chi connectivity index (χ1n) is 5.23. The summed E-state index contributed by atoms with van der Waals surface area (Å²) >= 11 is 5.60. The van der Waals surface area contributed by atoms with Gasteiger partial charge in [-0.05, 0) is 30.2 Å². The van der Waals surface area contributed by atoms with Crippen molar-refractivity contribution in [3.05, 3.63) is 54.4 Å². The molecule has 0 bridgehead atoms. The highest BCUT2D eigenvalue weighted by atomic mass is 35.5. The molecule has 82 valence electrons. The van der Waals surface area contributed by atoms with E-state index in [2.05, 4.69) is 29.4 Å². The number of halogens is 1. The van der Waals surface area contributed by atoms with Gasteiger partial charge in [0.15, 0.2) is 0 Å². The lowest BCUT2D eigenvalue weighted by Crippen LogP contribution is -1.93. The van der Waals surface area contributed by atoms with Gasteiger partial charge in [-0.3, -0.25) is 0 Å². The van der Waals surface area contributed by atoms with Crippen LogP contribution >= 0.6 is 11.6 Å². The molecule has 3 heteroatoms. The van der Waals surface area contributed by atoms with Crippen LogP contribution in [-0.4, -0.2) is 15.7 Å². The molecule has 0 N–H and O–H groups in total. The van der Waals surface area contributed by atoms with E-state index in [4.69, 9.17) is 11.6 Å². The Kier molecular flexibility index (Phi) is 3.78. The number of nitrogens with zero attached hydrogens (tertiary/aromatic N) is 2. The third-order valence-electron chi connectivity index (χ3n) is 2.25. The first-order valence-corrected chi connectivity index (χ1v) is 5.76. The lowest BCUT2D eigenvalue weighted by atomic mass is 10.2. The van der Waals surface area contributed by atoms with Gasteiger partial charge in [-0.1, -0.05) is 24.3 Å². The molecule has 0 atom stereocenters. The zero-order chi connectivity index (χ0) is 11.2. The minimum atomic E-state index is 0.669. The first kappa shape index (κ1) is 11.0. The number of alkyl halides is 1. The Morgan fingerprint density at radius 3 is 2.69 bits per heavy atom. The van der Waals surface area contributed by atoms with Crippen LogP contribution in [0.4, 0.5) is 0 Å². The monoisotopic (exact) mass is 232 g/mol. The zero-order valence-electron chi connectivity index (χ0n) is 8.88. The summed E-state index contributed by atoms with van der Waals surface area (Å²) in [5.74, 6) is 0.669. The van der Waals surface area contributed by atoms with Gasteiger partial charge in [-0.15, -0.1) is 11.6 Å². The average molecular weight is 233 g/mol. The van der Waals surface area contributed by atoms with Crippen molar-refractivity contribution in [2.75, 3.05) is 5.88 Å². The molecule has 1 aromatic carbocycles. The van der Waals surface area contributed by atoms with Gasteiger partial charge in [0.25, 0.3) is 0 Å². The summed E-state index contributed by atoms with van der Waals surface area (Å²) in [5.41, 5.74) is 2.25. The van der Waals surface area contributed by atoms with Crippen LogP contribution in [0.25, 0.3) is 11.8 Å². The van der Waals surface area contributed by atoms with Crippen LogP contribution < -0.4 is 0 Å². The van der Waals surface area contributed by atoms with Gasteiger partial charge in [0, 0.05) is 18.3 Å². The molecule has 0 saturated carbocycles. The average Bonchev–Trinajstić information content (AvgIpc) is 2.84. The number of hydrogen-bond acceptors (Lipinski definition) is 1. The lowest BCUT2D eigenvalue weighted by Gasteiger charge is -2.01. The van der Waals surface area contributed by atoms with E-state index < -0.39 is 0 Å². The van der Waals surface area contributed by atoms with Crippen LogP contribution in [0.3, 0.4) is 0 Å². The second kappa shape index (κ2) is 5.52. The first-order chi connectivity index (χ1) is 7.90. The Morgan fingerprint density at radius 2 is 2.06 bits per heavy atom. The highest BCUT2D eigenvalue weighted by Gasteiger charge is 1.94. The molecule has 2 rings (SSSR count). The minimum absolute atomic E-state index is 0.669. The van der Waals surface area contributed by atoms with Crippen molar-refractivity contribution in [1.82, 2.24) is 9.78 Å². The van der Waals surface area contributed by atoms with E-state index in [-0.39, 0.29) is 0 Å². The maximum absolute atomic E-state index is 5.60. The van der Waals surface area contributed by atoms with Gasteiger partial charge in [0.05, 0.1) is 5.69 Å². The van der Waals surface area contributed by atoms with E-state index in [1.54, 1.807) is 6.20 Å². The molecule has 0 aliphatic heterocycles. The van der Waals surface area contributed by atoms with E-state index in [9.17, 15) is 0 Å². The third-order valence-corrected chi connectivity index (χ3v) is 2.47. The molecule has 0 aliphatic carbocycles. The minimum Gasteiger partial charge on any atom is -0.241 e. The van der Waals surface area contributed by atoms with Gasteiger partial charge in [0.2, 0.25) is 0 Å². The fraction of sp³-hybridized carbons (Fsp3) is 0.154. The van der Waals surface area contributed by atoms with Crippen molar-refractivity contribution < 1.29 is 0 Å². The summed E-state index contributed by atoms with van der Waals surface area (Å²) in [5, 5.41) is 4.17. The van der Waals surface area contributed by atoms with Gasteiger partial charge in [-0.2, -0.15) is 5.10 Å². The van der Waals surface area contributed by atoms with Crippen LogP contribution in [0.1, 0.15) is 12.0 Å². The van der Waals surface area contributed by atoms with Gasteiger partial charge in [0.1, 0.15) is 0 Å². The maximum atomic E-state index is 5.60. The summed E-state index contributed by atoms with van der Waals surface area (Å²) in [7, 11) is 0. The largest absolute Gasteiger partial charge is 0.241 e. The molecule has 0 fully saturated rings. The predicted molar refractivity (Wildman–Crippen MR) is 67.9 cm³/mol. The lowest BCUT2D eigenvalue weighted by molar-refractivity contribution is 0.880. The quantitative estimate of drug-likeness (QED) is 0.738. The van der Waals surface area contributed by atoms with Crippen molar-refractivity contribution in [1.29, 1.82) is 0 Å². The molecule has 0 spiro atoms. The molecule has 1 aromatic heterocycles. The Labute approximate surface area is 100 Å². The number of aromatic nitrogens is 2. The van der Waals surface area contributed by atoms with Crippen molar-refractivity contribution in [3.8, 4) is 5.69 Å². The molecule has 0 radical (unpaired) electrons. The van der Waals surface area contributed by atoms with Gasteiger partial charge in [-0.25, -0.2) is 4.68 Å². The fourth-order valence-corrected chi connectivity index (χ4v) is 1.57. The molecular formula is C13H13ClN2. The zero-order valence-corrected chi connectivity index (χ0v) is 9.64. The van der Waals surface area contributed by atoms with Crippen LogP contribution in [0.15, 0.2) is 48.8 Å². The van der Waals surface area contributed by atoms with E-state index >= 15 is 0 Å². The number of hydrogen-bond donors (Lipinski definition) is 0. The van der Waals surface area contributed by atoms with E-state index in [0.29, 0.717) is 5.88 Å². The summed E-state index contributed by atoms with van der Waals surface area (Å²) in [6.45, 7) is 0. The molecule has 2 nitrogen and oxygen atoms in total. The molecule has 1 heterocycles. The molecule has 0 aliphatic rings. The Bertz CT molecular complexity index is 443. The van der Waals surface area contributed by atoms with E-state index in [1.165, 1.54) is 5.56 Å². The predicted octanol–water partition coefficient (Wildman–Crippen LogP) is 3.51. The van der Waals surface area contributed by atoms with Crippen LogP contribution in [0.5, 0.6) is 0 Å². The van der Waals surface area contributed by atoms with Crippen LogP contribution in [0.2, 0.25) is 0 Å². The summed E-state index contributed by atoms with van der Waals surface area (Å²) in [4.78, 5) is 0. The molecule has 0 saturated heterocycles. The number of benzene rings is 1. The molecule has 0 unspecified atom stereocenters. The molecule has 2 aromatic rings. The summed E-state index contributed by atoms with van der Waals surface area (Å²) < 4.78 is 1.84. The van der Waals surface area contributed by atoms with Gasteiger partial charge < -0.3 is 0 Å². The SMILES string of the molecule is ClCCC=Cc1ccc(-n2cccn2)cc1. The highest BCUT2D eigenvalue weighted by Crippen LogP contribution is 2.10. The van der Waals surface area contributed by atoms with Gasteiger partial charge >= 0.3 is 0 Å². The Balaban J connectivity index is 2.11. The Hall–Kier alpha value is -1.54.